The normalized spacial score (nSPS) is 28.0. The second kappa shape index (κ2) is 6.67. The largest absolute Gasteiger partial charge is 0.362 e. The number of allylic oxidation sites excluding steroid dienone is 1. The van der Waals surface area contributed by atoms with Crippen LogP contribution in [0.4, 0.5) is 0 Å². The van der Waals surface area contributed by atoms with E-state index in [9.17, 15) is 4.79 Å². The van der Waals surface area contributed by atoms with Crippen LogP contribution in [0.25, 0.3) is 0 Å². The van der Waals surface area contributed by atoms with Crippen LogP contribution in [0.3, 0.4) is 0 Å². The molecule has 4 rings (SSSR count). The number of rotatable bonds is 3. The molecule has 1 saturated heterocycles. The van der Waals surface area contributed by atoms with Gasteiger partial charge in [0.25, 0.3) is 5.89 Å². The summed E-state index contributed by atoms with van der Waals surface area (Å²) in [6.45, 7) is 3.08. The molecule has 3 aliphatic rings. The highest BCUT2D eigenvalue weighted by Crippen LogP contribution is 2.39. The van der Waals surface area contributed by atoms with Crippen LogP contribution in [0.1, 0.15) is 75.6 Å². The fourth-order valence-corrected chi connectivity index (χ4v) is 3.57. The zero-order valence-corrected chi connectivity index (χ0v) is 14.2. The molecule has 0 aromatic carbocycles. The van der Waals surface area contributed by atoms with E-state index in [4.69, 9.17) is 9.26 Å². The van der Waals surface area contributed by atoms with Crippen molar-refractivity contribution in [2.45, 2.75) is 70.0 Å². The van der Waals surface area contributed by atoms with E-state index in [2.05, 4.69) is 10.1 Å². The number of aromatic nitrogens is 2. The average molecular weight is 331 g/mol. The molecule has 6 heteroatoms. The minimum atomic E-state index is -0.317. The number of ether oxygens (including phenoxy) is 1. The lowest BCUT2D eigenvalue weighted by molar-refractivity contribution is -0.141. The van der Waals surface area contributed by atoms with Crippen LogP contribution in [-0.2, 0) is 9.53 Å². The molecule has 1 aromatic heterocycles. The maximum Gasteiger partial charge on any atom is 0.257 e. The van der Waals surface area contributed by atoms with Crippen LogP contribution in [0.2, 0.25) is 0 Å². The van der Waals surface area contributed by atoms with Gasteiger partial charge in [0.05, 0.1) is 12.6 Å². The van der Waals surface area contributed by atoms with Gasteiger partial charge < -0.3 is 14.2 Å². The summed E-state index contributed by atoms with van der Waals surface area (Å²) in [5, 5.41) is 4.06. The van der Waals surface area contributed by atoms with Gasteiger partial charge >= 0.3 is 0 Å². The molecular formula is C18H25N3O3. The lowest BCUT2D eigenvalue weighted by atomic mass is 9.94. The average Bonchev–Trinajstić information content (AvgIpc) is 3.32. The Bertz CT molecular complexity index is 627. The van der Waals surface area contributed by atoms with Crippen molar-refractivity contribution in [2.24, 2.45) is 0 Å². The Kier molecular flexibility index (Phi) is 4.39. The van der Waals surface area contributed by atoms with Crippen molar-refractivity contribution in [1.82, 2.24) is 15.0 Å². The zero-order valence-electron chi connectivity index (χ0n) is 14.2. The number of nitrogens with zero attached hydrogens (tertiary/aromatic N) is 3. The third-order valence-corrected chi connectivity index (χ3v) is 5.07. The summed E-state index contributed by atoms with van der Waals surface area (Å²) in [6, 6.07) is 0. The molecule has 0 radical (unpaired) electrons. The highest BCUT2D eigenvalue weighted by molar-refractivity contribution is 5.88. The molecule has 0 bridgehead atoms. The molecule has 3 fully saturated rings. The molecule has 6 nitrogen and oxygen atoms in total. The third kappa shape index (κ3) is 3.53. The first-order valence-corrected chi connectivity index (χ1v) is 9.16. The van der Waals surface area contributed by atoms with E-state index in [1.165, 1.54) is 24.8 Å². The number of amides is 1. The van der Waals surface area contributed by atoms with Gasteiger partial charge in [-0.25, -0.2) is 0 Å². The minimum absolute atomic E-state index is 0.0336. The Balaban J connectivity index is 1.44. The van der Waals surface area contributed by atoms with E-state index in [0.717, 1.165) is 31.5 Å². The van der Waals surface area contributed by atoms with Gasteiger partial charge in [0.15, 0.2) is 11.9 Å². The van der Waals surface area contributed by atoms with Crippen LogP contribution in [0.5, 0.6) is 0 Å². The fourth-order valence-electron chi connectivity index (χ4n) is 3.57. The smallest absolute Gasteiger partial charge is 0.257 e. The Morgan fingerprint density at radius 3 is 2.75 bits per heavy atom. The fraction of sp³-hybridized carbons (Fsp3) is 0.722. The topological polar surface area (TPSA) is 68.5 Å². The second-order valence-electron chi connectivity index (χ2n) is 7.31. The monoisotopic (exact) mass is 331 g/mol. The van der Waals surface area contributed by atoms with Gasteiger partial charge in [-0.2, -0.15) is 4.98 Å². The summed E-state index contributed by atoms with van der Waals surface area (Å²) in [5.74, 6) is 1.84. The summed E-state index contributed by atoms with van der Waals surface area (Å²) in [4.78, 5) is 19.0. The molecule has 24 heavy (non-hydrogen) atoms. The first kappa shape index (κ1) is 15.8. The van der Waals surface area contributed by atoms with E-state index in [1.54, 1.807) is 0 Å². The Labute approximate surface area is 142 Å². The van der Waals surface area contributed by atoms with Crippen molar-refractivity contribution in [3.05, 3.63) is 23.4 Å². The third-order valence-electron chi connectivity index (χ3n) is 5.07. The van der Waals surface area contributed by atoms with Crippen molar-refractivity contribution in [1.29, 1.82) is 0 Å². The van der Waals surface area contributed by atoms with Crippen molar-refractivity contribution >= 4 is 5.91 Å². The molecule has 1 amide bonds. The summed E-state index contributed by atoms with van der Waals surface area (Å²) in [6.07, 6.45) is 9.57. The molecule has 1 aromatic rings. The maximum atomic E-state index is 12.6. The lowest BCUT2D eigenvalue weighted by Gasteiger charge is -2.35. The van der Waals surface area contributed by atoms with E-state index in [0.29, 0.717) is 24.9 Å². The van der Waals surface area contributed by atoms with Gasteiger partial charge in [-0.3, -0.25) is 4.79 Å². The standard InChI is InChI=1S/C18H25N3O3/c1-12-10-21(16(22)9-13-5-3-2-4-6-13)11-15(23-12)18-19-17(20-24-18)14-7-8-14/h9,12,14-15H,2-8,10-11H2,1H3/t12-,15-/m1/s1. The molecule has 0 unspecified atom stereocenters. The first-order valence-electron chi connectivity index (χ1n) is 9.16. The highest BCUT2D eigenvalue weighted by atomic mass is 16.5. The summed E-state index contributed by atoms with van der Waals surface area (Å²) in [5.41, 5.74) is 1.29. The van der Waals surface area contributed by atoms with E-state index in [1.807, 2.05) is 17.9 Å². The van der Waals surface area contributed by atoms with Gasteiger partial charge in [-0.15, -0.1) is 0 Å². The molecule has 130 valence electrons. The number of hydrogen-bond donors (Lipinski definition) is 0. The molecule has 0 N–H and O–H groups in total. The minimum Gasteiger partial charge on any atom is -0.362 e. The maximum absolute atomic E-state index is 12.6. The van der Waals surface area contributed by atoms with Crippen LogP contribution < -0.4 is 0 Å². The van der Waals surface area contributed by atoms with Gasteiger partial charge in [0, 0.05) is 18.5 Å². The molecule has 2 heterocycles. The highest BCUT2D eigenvalue weighted by Gasteiger charge is 2.35. The van der Waals surface area contributed by atoms with E-state index >= 15 is 0 Å². The molecule has 0 spiro atoms. The predicted molar refractivity (Wildman–Crippen MR) is 87.3 cm³/mol. The molecule has 2 atom stereocenters. The lowest BCUT2D eigenvalue weighted by Crippen LogP contribution is -2.45. The van der Waals surface area contributed by atoms with Crippen LogP contribution in [-0.4, -0.2) is 40.1 Å². The van der Waals surface area contributed by atoms with Gasteiger partial charge in [-0.1, -0.05) is 17.2 Å². The summed E-state index contributed by atoms with van der Waals surface area (Å²) >= 11 is 0. The van der Waals surface area contributed by atoms with Crippen LogP contribution >= 0.6 is 0 Å². The SMILES string of the molecule is C[C@@H]1CN(C(=O)C=C2CCCCC2)C[C@H](c2nc(C3CC3)no2)O1. The van der Waals surface area contributed by atoms with Crippen LogP contribution in [0, 0.1) is 0 Å². The molecular weight excluding hydrogens is 306 g/mol. The van der Waals surface area contributed by atoms with Gasteiger partial charge in [0.1, 0.15) is 0 Å². The molecule has 1 aliphatic heterocycles. The summed E-state index contributed by atoms with van der Waals surface area (Å²) < 4.78 is 11.3. The number of morpholine rings is 1. The van der Waals surface area contributed by atoms with Gasteiger partial charge in [0.2, 0.25) is 5.91 Å². The number of carbonyl (C=O) groups excluding carboxylic acids is 1. The van der Waals surface area contributed by atoms with Crippen molar-refractivity contribution in [2.75, 3.05) is 13.1 Å². The summed E-state index contributed by atoms with van der Waals surface area (Å²) in [7, 11) is 0. The first-order chi connectivity index (χ1) is 11.7. The van der Waals surface area contributed by atoms with Gasteiger partial charge in [-0.05, 0) is 45.4 Å². The van der Waals surface area contributed by atoms with Crippen molar-refractivity contribution in [3.8, 4) is 0 Å². The predicted octanol–water partition coefficient (Wildman–Crippen LogP) is 3.13. The van der Waals surface area contributed by atoms with E-state index in [-0.39, 0.29) is 18.1 Å². The zero-order chi connectivity index (χ0) is 16.5. The number of carbonyl (C=O) groups is 1. The number of hydrogen-bond acceptors (Lipinski definition) is 5. The second-order valence-corrected chi connectivity index (χ2v) is 7.31. The quantitative estimate of drug-likeness (QED) is 0.796. The van der Waals surface area contributed by atoms with E-state index < -0.39 is 0 Å². The molecule has 2 aliphatic carbocycles. The van der Waals surface area contributed by atoms with Crippen molar-refractivity contribution in [3.63, 3.8) is 0 Å². The Morgan fingerprint density at radius 2 is 2.00 bits per heavy atom. The Morgan fingerprint density at radius 1 is 1.21 bits per heavy atom. The van der Waals surface area contributed by atoms with Crippen molar-refractivity contribution < 1.29 is 14.1 Å². The van der Waals surface area contributed by atoms with Crippen LogP contribution in [0.15, 0.2) is 16.2 Å². The Hall–Kier alpha value is -1.69. The molecule has 2 saturated carbocycles.